The second-order valence-electron chi connectivity index (χ2n) is 4.60. The summed E-state index contributed by atoms with van der Waals surface area (Å²) in [4.78, 5) is 15.1. The summed E-state index contributed by atoms with van der Waals surface area (Å²) in [7, 11) is 0. The minimum absolute atomic E-state index is 0.206. The quantitative estimate of drug-likeness (QED) is 0.740. The van der Waals surface area contributed by atoms with Gasteiger partial charge in [0, 0.05) is 6.54 Å². The normalized spacial score (nSPS) is 19.2. The molecular weight excluding hydrogens is 204 g/mol. The molecule has 1 aliphatic rings. The Balaban J connectivity index is 2.23. The summed E-state index contributed by atoms with van der Waals surface area (Å²) in [6, 6.07) is 0. The summed E-state index contributed by atoms with van der Waals surface area (Å²) < 4.78 is 0. The highest BCUT2D eigenvalue weighted by Crippen LogP contribution is 2.18. The Morgan fingerprint density at radius 3 is 2.31 bits per heavy atom. The zero-order chi connectivity index (χ0) is 12.0. The van der Waals surface area contributed by atoms with Crippen molar-refractivity contribution in [2.45, 2.75) is 26.7 Å². The topological polar surface area (TPSA) is 43.8 Å². The maximum absolute atomic E-state index is 10.6. The summed E-state index contributed by atoms with van der Waals surface area (Å²) in [6.45, 7) is 9.90. The van der Waals surface area contributed by atoms with Gasteiger partial charge in [0.1, 0.15) is 0 Å². The van der Waals surface area contributed by atoms with Crippen molar-refractivity contribution in [3.63, 3.8) is 0 Å². The monoisotopic (exact) mass is 228 g/mol. The van der Waals surface area contributed by atoms with Gasteiger partial charge in [-0.25, -0.2) is 0 Å². The first-order valence-corrected chi connectivity index (χ1v) is 6.32. The fourth-order valence-electron chi connectivity index (χ4n) is 2.37. The van der Waals surface area contributed by atoms with Gasteiger partial charge >= 0.3 is 5.97 Å². The first-order chi connectivity index (χ1) is 7.65. The number of likely N-dealkylation sites (tertiary alicyclic amines) is 1. The predicted octanol–water partition coefficient (Wildman–Crippen LogP) is 1.12. The molecule has 0 aromatic heterocycles. The van der Waals surface area contributed by atoms with E-state index in [4.69, 9.17) is 5.11 Å². The second kappa shape index (κ2) is 6.86. The number of rotatable bonds is 6. The molecule has 0 radical (unpaired) electrons. The van der Waals surface area contributed by atoms with Crippen LogP contribution < -0.4 is 0 Å². The maximum Gasteiger partial charge on any atom is 0.317 e. The van der Waals surface area contributed by atoms with Gasteiger partial charge in [0.25, 0.3) is 0 Å². The van der Waals surface area contributed by atoms with Crippen molar-refractivity contribution in [3.05, 3.63) is 0 Å². The number of nitrogens with zero attached hydrogens (tertiary/aromatic N) is 2. The van der Waals surface area contributed by atoms with E-state index >= 15 is 0 Å². The standard InChI is InChI=1S/C12H24N2O2/c1-3-13(4-2)9-11-5-7-14(8-6-11)10-12(15)16/h11H,3-10H2,1-2H3,(H,15,16). The fourth-order valence-corrected chi connectivity index (χ4v) is 2.37. The van der Waals surface area contributed by atoms with Crippen LogP contribution in [0, 0.1) is 5.92 Å². The Morgan fingerprint density at radius 1 is 1.31 bits per heavy atom. The third-order valence-electron chi connectivity index (χ3n) is 3.48. The van der Waals surface area contributed by atoms with Crippen molar-refractivity contribution >= 4 is 5.97 Å². The molecule has 1 aliphatic heterocycles. The lowest BCUT2D eigenvalue weighted by Crippen LogP contribution is -2.40. The van der Waals surface area contributed by atoms with Gasteiger partial charge in [-0.3, -0.25) is 9.69 Å². The van der Waals surface area contributed by atoms with Crippen molar-refractivity contribution in [3.8, 4) is 0 Å². The van der Waals surface area contributed by atoms with Crippen LogP contribution in [0.5, 0.6) is 0 Å². The van der Waals surface area contributed by atoms with Crippen LogP contribution in [-0.2, 0) is 4.79 Å². The van der Waals surface area contributed by atoms with Crippen molar-refractivity contribution in [2.24, 2.45) is 5.92 Å². The van der Waals surface area contributed by atoms with Crippen molar-refractivity contribution in [1.29, 1.82) is 0 Å². The molecule has 0 aromatic rings. The molecule has 16 heavy (non-hydrogen) atoms. The third-order valence-corrected chi connectivity index (χ3v) is 3.48. The molecule has 1 heterocycles. The van der Waals surface area contributed by atoms with E-state index < -0.39 is 5.97 Å². The Kier molecular flexibility index (Phi) is 5.77. The van der Waals surface area contributed by atoms with E-state index in [1.54, 1.807) is 0 Å². The van der Waals surface area contributed by atoms with Crippen molar-refractivity contribution in [1.82, 2.24) is 9.80 Å². The van der Waals surface area contributed by atoms with E-state index in [1.165, 1.54) is 6.54 Å². The van der Waals surface area contributed by atoms with E-state index in [2.05, 4.69) is 18.7 Å². The van der Waals surface area contributed by atoms with Gasteiger partial charge in [-0.05, 0) is 44.9 Å². The minimum atomic E-state index is -0.706. The number of piperidine rings is 1. The van der Waals surface area contributed by atoms with E-state index in [-0.39, 0.29) is 6.54 Å². The van der Waals surface area contributed by atoms with Crippen LogP contribution >= 0.6 is 0 Å². The molecule has 1 rings (SSSR count). The molecule has 0 aliphatic carbocycles. The average Bonchev–Trinajstić information content (AvgIpc) is 2.27. The Bertz CT molecular complexity index is 209. The van der Waals surface area contributed by atoms with Gasteiger partial charge < -0.3 is 10.0 Å². The lowest BCUT2D eigenvalue weighted by atomic mass is 9.96. The summed E-state index contributed by atoms with van der Waals surface area (Å²) >= 11 is 0. The SMILES string of the molecule is CCN(CC)CC1CCN(CC(=O)O)CC1. The summed E-state index contributed by atoms with van der Waals surface area (Å²) in [5.41, 5.74) is 0. The van der Waals surface area contributed by atoms with Gasteiger partial charge in [-0.2, -0.15) is 0 Å². The van der Waals surface area contributed by atoms with E-state index in [0.717, 1.165) is 44.9 Å². The number of hydrogen-bond acceptors (Lipinski definition) is 3. The number of carboxylic acids is 1. The van der Waals surface area contributed by atoms with E-state index in [9.17, 15) is 4.79 Å². The first-order valence-electron chi connectivity index (χ1n) is 6.32. The fraction of sp³-hybridized carbons (Fsp3) is 0.917. The number of carbonyl (C=O) groups is 1. The molecule has 1 saturated heterocycles. The summed E-state index contributed by atoms with van der Waals surface area (Å²) in [6.07, 6.45) is 2.29. The molecule has 94 valence electrons. The summed E-state index contributed by atoms with van der Waals surface area (Å²) in [5.74, 6) is 0.0483. The lowest BCUT2D eigenvalue weighted by Gasteiger charge is -2.33. The molecule has 0 bridgehead atoms. The largest absolute Gasteiger partial charge is 0.480 e. The number of hydrogen-bond donors (Lipinski definition) is 1. The highest BCUT2D eigenvalue weighted by Gasteiger charge is 2.21. The van der Waals surface area contributed by atoms with Crippen LogP contribution in [0.2, 0.25) is 0 Å². The third kappa shape index (κ3) is 4.49. The smallest absolute Gasteiger partial charge is 0.317 e. The highest BCUT2D eigenvalue weighted by atomic mass is 16.4. The molecule has 1 fully saturated rings. The van der Waals surface area contributed by atoms with Gasteiger partial charge in [0.15, 0.2) is 0 Å². The lowest BCUT2D eigenvalue weighted by molar-refractivity contribution is -0.138. The van der Waals surface area contributed by atoms with Crippen LogP contribution in [-0.4, -0.2) is 60.1 Å². The molecule has 4 heteroatoms. The molecule has 1 N–H and O–H groups in total. The van der Waals surface area contributed by atoms with Crippen LogP contribution in [0.4, 0.5) is 0 Å². The van der Waals surface area contributed by atoms with E-state index in [0.29, 0.717) is 0 Å². The molecular formula is C12H24N2O2. The summed E-state index contributed by atoms with van der Waals surface area (Å²) in [5, 5.41) is 8.70. The first kappa shape index (κ1) is 13.5. The van der Waals surface area contributed by atoms with Gasteiger partial charge in [-0.15, -0.1) is 0 Å². The Labute approximate surface area is 98.2 Å². The Hall–Kier alpha value is -0.610. The predicted molar refractivity (Wildman–Crippen MR) is 64.6 cm³/mol. The molecule has 0 aromatic carbocycles. The molecule has 0 amide bonds. The van der Waals surface area contributed by atoms with Crippen molar-refractivity contribution in [2.75, 3.05) is 39.3 Å². The van der Waals surface area contributed by atoms with E-state index in [1.807, 2.05) is 4.90 Å². The molecule has 0 unspecified atom stereocenters. The minimum Gasteiger partial charge on any atom is -0.480 e. The van der Waals surface area contributed by atoms with Crippen LogP contribution in [0.1, 0.15) is 26.7 Å². The van der Waals surface area contributed by atoms with Crippen LogP contribution in [0.3, 0.4) is 0 Å². The number of carboxylic acid groups (broad SMARTS) is 1. The van der Waals surface area contributed by atoms with Gasteiger partial charge in [-0.1, -0.05) is 13.8 Å². The molecule has 0 atom stereocenters. The number of aliphatic carboxylic acids is 1. The average molecular weight is 228 g/mol. The maximum atomic E-state index is 10.6. The van der Waals surface area contributed by atoms with Crippen LogP contribution in [0.25, 0.3) is 0 Å². The van der Waals surface area contributed by atoms with Gasteiger partial charge in [0.2, 0.25) is 0 Å². The van der Waals surface area contributed by atoms with Crippen molar-refractivity contribution < 1.29 is 9.90 Å². The molecule has 0 spiro atoms. The van der Waals surface area contributed by atoms with Crippen LogP contribution in [0.15, 0.2) is 0 Å². The Morgan fingerprint density at radius 2 is 1.88 bits per heavy atom. The second-order valence-corrected chi connectivity index (χ2v) is 4.60. The highest BCUT2D eigenvalue weighted by molar-refractivity contribution is 5.69. The molecule has 0 saturated carbocycles. The van der Waals surface area contributed by atoms with Gasteiger partial charge in [0.05, 0.1) is 6.54 Å². The zero-order valence-electron chi connectivity index (χ0n) is 10.5. The zero-order valence-corrected chi connectivity index (χ0v) is 10.5. The molecule has 4 nitrogen and oxygen atoms in total.